The van der Waals surface area contributed by atoms with E-state index in [-0.39, 0.29) is 24.0 Å². The first kappa shape index (κ1) is 22.5. The number of hydrogen-bond acceptors (Lipinski definition) is 6. The number of ether oxygens (including phenoxy) is 3. The number of likely N-dealkylation sites (tertiary alicyclic amines) is 1. The fraction of sp³-hybridized carbons (Fsp3) is 0.409. The van der Waals surface area contributed by atoms with Gasteiger partial charge in [-0.15, -0.1) is 0 Å². The maximum atomic E-state index is 13.3. The zero-order valence-corrected chi connectivity index (χ0v) is 18.7. The predicted octanol–water partition coefficient (Wildman–Crippen LogP) is 2.50. The van der Waals surface area contributed by atoms with E-state index in [1.165, 1.54) is 30.7 Å². The highest BCUT2D eigenvalue weighted by Crippen LogP contribution is 2.39. The Morgan fingerprint density at radius 1 is 1.00 bits per heavy atom. The number of benzene rings is 2. The highest BCUT2D eigenvalue weighted by molar-refractivity contribution is 7.89. The van der Waals surface area contributed by atoms with Crippen LogP contribution in [0.15, 0.2) is 47.4 Å². The molecule has 0 aliphatic carbocycles. The second-order valence-electron chi connectivity index (χ2n) is 7.69. The van der Waals surface area contributed by atoms with Gasteiger partial charge in [-0.3, -0.25) is 4.79 Å². The van der Waals surface area contributed by atoms with E-state index in [1.807, 2.05) is 0 Å². The molecule has 1 spiro atoms. The number of carbonyl (C=O) groups excluding carboxylic acids is 1. The van der Waals surface area contributed by atoms with Crippen molar-refractivity contribution in [3.63, 3.8) is 0 Å². The molecule has 0 saturated carbocycles. The fourth-order valence-corrected chi connectivity index (χ4v) is 5.99. The Morgan fingerprint density at radius 3 is 2.28 bits per heavy atom. The van der Waals surface area contributed by atoms with Crippen LogP contribution in [0.5, 0.6) is 11.5 Å². The third-order valence-electron chi connectivity index (χ3n) is 5.98. The molecular formula is C22H25FN2O6S. The summed E-state index contributed by atoms with van der Waals surface area (Å²) in [4.78, 5) is 14.7. The van der Waals surface area contributed by atoms with Crippen molar-refractivity contribution in [1.29, 1.82) is 0 Å². The summed E-state index contributed by atoms with van der Waals surface area (Å²) in [7, 11) is -0.833. The zero-order valence-electron chi connectivity index (χ0n) is 17.9. The molecule has 0 N–H and O–H groups in total. The normalized spacial score (nSPS) is 18.7. The number of nitrogens with zero attached hydrogens (tertiary/aromatic N) is 2. The molecule has 2 heterocycles. The van der Waals surface area contributed by atoms with Gasteiger partial charge < -0.3 is 19.1 Å². The molecule has 172 valence electrons. The number of rotatable bonds is 5. The Balaban J connectivity index is 1.50. The minimum absolute atomic E-state index is 0.0209. The van der Waals surface area contributed by atoms with Crippen molar-refractivity contribution in [3.05, 3.63) is 53.8 Å². The molecule has 2 aromatic rings. The minimum atomic E-state index is -3.86. The monoisotopic (exact) mass is 464 g/mol. The molecule has 4 rings (SSSR count). The minimum Gasteiger partial charge on any atom is -0.493 e. The molecule has 1 amide bonds. The first-order chi connectivity index (χ1) is 15.3. The topological polar surface area (TPSA) is 85.4 Å². The summed E-state index contributed by atoms with van der Waals surface area (Å²) in [6.45, 7) is 1.15. The molecule has 0 atom stereocenters. The lowest BCUT2D eigenvalue weighted by molar-refractivity contribution is -0.0857. The van der Waals surface area contributed by atoms with Crippen LogP contribution in [-0.4, -0.2) is 69.7 Å². The Morgan fingerprint density at radius 2 is 1.66 bits per heavy atom. The Kier molecular flexibility index (Phi) is 6.11. The number of hydrogen-bond donors (Lipinski definition) is 0. The number of halogens is 1. The number of amides is 1. The first-order valence-electron chi connectivity index (χ1n) is 10.2. The summed E-state index contributed by atoms with van der Waals surface area (Å²) in [6.07, 6.45) is 0.679. The average Bonchev–Trinajstić information content (AvgIpc) is 3.22. The van der Waals surface area contributed by atoms with Gasteiger partial charge in [0.1, 0.15) is 11.5 Å². The van der Waals surface area contributed by atoms with E-state index in [9.17, 15) is 17.6 Å². The molecule has 2 aromatic carbocycles. The van der Waals surface area contributed by atoms with Gasteiger partial charge in [-0.2, -0.15) is 4.31 Å². The van der Waals surface area contributed by atoms with E-state index < -0.39 is 21.6 Å². The second kappa shape index (κ2) is 8.68. The van der Waals surface area contributed by atoms with E-state index in [4.69, 9.17) is 14.2 Å². The molecule has 8 nitrogen and oxygen atoms in total. The van der Waals surface area contributed by atoms with Crippen molar-refractivity contribution >= 4 is 15.9 Å². The van der Waals surface area contributed by atoms with E-state index in [0.717, 1.165) is 12.1 Å². The third kappa shape index (κ3) is 3.94. The van der Waals surface area contributed by atoms with Gasteiger partial charge in [-0.1, -0.05) is 0 Å². The van der Waals surface area contributed by atoms with Crippen molar-refractivity contribution < 1.29 is 31.8 Å². The summed E-state index contributed by atoms with van der Waals surface area (Å²) in [5.74, 6) is 0.315. The van der Waals surface area contributed by atoms with Gasteiger partial charge in [-0.25, -0.2) is 12.8 Å². The summed E-state index contributed by atoms with van der Waals surface area (Å²) in [6, 6.07) is 9.74. The van der Waals surface area contributed by atoms with E-state index in [1.54, 1.807) is 23.1 Å². The number of carbonyl (C=O) groups is 1. The molecule has 2 fully saturated rings. The van der Waals surface area contributed by atoms with Gasteiger partial charge in [0.2, 0.25) is 10.0 Å². The van der Waals surface area contributed by atoms with Crippen molar-refractivity contribution in [2.24, 2.45) is 0 Å². The number of methoxy groups -OCH3 is 2. The predicted molar refractivity (Wildman–Crippen MR) is 114 cm³/mol. The molecule has 2 saturated heterocycles. The van der Waals surface area contributed by atoms with E-state index in [2.05, 4.69) is 0 Å². The SMILES string of the molecule is COc1ccc(C(=O)N2CCC3(CC2)OCCN3S(=O)(=O)c2ccc(F)cc2)cc1OC. The third-order valence-corrected chi connectivity index (χ3v) is 7.95. The molecule has 0 aromatic heterocycles. The van der Waals surface area contributed by atoms with Crippen LogP contribution in [0.4, 0.5) is 4.39 Å². The lowest BCUT2D eigenvalue weighted by Gasteiger charge is -2.42. The lowest BCUT2D eigenvalue weighted by Crippen LogP contribution is -2.55. The smallest absolute Gasteiger partial charge is 0.253 e. The van der Waals surface area contributed by atoms with Crippen LogP contribution in [-0.2, 0) is 14.8 Å². The zero-order chi connectivity index (χ0) is 22.9. The molecule has 0 bridgehead atoms. The standard InChI is InChI=1S/C22H25FN2O6S/c1-29-19-8-3-16(15-20(19)30-2)21(26)24-11-9-22(10-12-24)25(13-14-31-22)32(27,28)18-6-4-17(23)5-7-18/h3-8,15H,9-14H2,1-2H3. The van der Waals surface area contributed by atoms with Crippen molar-refractivity contribution in [2.75, 3.05) is 40.5 Å². The average molecular weight is 465 g/mol. The quantitative estimate of drug-likeness (QED) is 0.676. The van der Waals surface area contributed by atoms with Gasteiger partial charge in [0.15, 0.2) is 11.5 Å². The largest absolute Gasteiger partial charge is 0.493 e. The molecule has 2 aliphatic heterocycles. The van der Waals surface area contributed by atoms with Crippen LogP contribution in [0, 0.1) is 5.82 Å². The maximum Gasteiger partial charge on any atom is 0.253 e. The van der Waals surface area contributed by atoms with Crippen LogP contribution in [0.25, 0.3) is 0 Å². The summed E-state index contributed by atoms with van der Waals surface area (Å²) < 4.78 is 57.4. The van der Waals surface area contributed by atoms with Gasteiger partial charge in [0.05, 0.1) is 25.7 Å². The van der Waals surface area contributed by atoms with Gasteiger partial charge >= 0.3 is 0 Å². The molecule has 32 heavy (non-hydrogen) atoms. The van der Waals surface area contributed by atoms with E-state index >= 15 is 0 Å². The molecule has 10 heteroatoms. The van der Waals surface area contributed by atoms with Gasteiger partial charge in [0.25, 0.3) is 5.91 Å². The second-order valence-corrected chi connectivity index (χ2v) is 9.55. The van der Waals surface area contributed by atoms with Crippen LogP contribution in [0.2, 0.25) is 0 Å². The van der Waals surface area contributed by atoms with Gasteiger partial charge in [0, 0.05) is 38.0 Å². The Hall–Kier alpha value is -2.69. The fourth-order valence-electron chi connectivity index (χ4n) is 4.27. The summed E-state index contributed by atoms with van der Waals surface area (Å²) in [5.41, 5.74) is -0.552. The van der Waals surface area contributed by atoms with Crippen LogP contribution < -0.4 is 9.47 Å². The highest BCUT2D eigenvalue weighted by Gasteiger charge is 2.51. The van der Waals surface area contributed by atoms with Crippen LogP contribution in [0.3, 0.4) is 0 Å². The van der Waals surface area contributed by atoms with Crippen molar-refractivity contribution in [2.45, 2.75) is 23.5 Å². The molecule has 0 radical (unpaired) electrons. The highest BCUT2D eigenvalue weighted by atomic mass is 32.2. The van der Waals surface area contributed by atoms with Crippen molar-refractivity contribution in [3.8, 4) is 11.5 Å². The van der Waals surface area contributed by atoms with Crippen LogP contribution >= 0.6 is 0 Å². The maximum absolute atomic E-state index is 13.3. The summed E-state index contributed by atoms with van der Waals surface area (Å²) in [5, 5.41) is 0. The number of piperidine rings is 1. The number of sulfonamides is 1. The summed E-state index contributed by atoms with van der Waals surface area (Å²) >= 11 is 0. The van der Waals surface area contributed by atoms with Crippen molar-refractivity contribution in [1.82, 2.24) is 9.21 Å². The lowest BCUT2D eigenvalue weighted by atomic mass is 10.00. The first-order valence-corrected chi connectivity index (χ1v) is 11.7. The molecule has 0 unspecified atom stereocenters. The van der Waals surface area contributed by atoms with E-state index in [0.29, 0.717) is 43.0 Å². The van der Waals surface area contributed by atoms with Gasteiger partial charge in [-0.05, 0) is 42.5 Å². The molecular weight excluding hydrogens is 439 g/mol. The van der Waals surface area contributed by atoms with Crippen LogP contribution in [0.1, 0.15) is 23.2 Å². The Bertz CT molecular complexity index is 1100. The Labute approximate surface area is 186 Å². The molecule has 2 aliphatic rings.